The molecule has 12 nitrogen and oxygen atoms in total. The minimum atomic E-state index is -0.540. The molecular weight excluding hydrogens is 572 g/mol. The number of fused-ring (bicyclic) bond motifs is 1. The van der Waals surface area contributed by atoms with Gasteiger partial charge in [-0.05, 0) is 51.0 Å². The number of benzene rings is 2. The zero-order valence-corrected chi connectivity index (χ0v) is 25.9. The van der Waals surface area contributed by atoms with Crippen molar-refractivity contribution in [1.82, 2.24) is 38.9 Å². The Balaban J connectivity index is 1.54. The van der Waals surface area contributed by atoms with E-state index in [0.29, 0.717) is 54.0 Å². The second-order valence-corrected chi connectivity index (χ2v) is 10.4. The SMILES string of the molecule is CCOC(=O)c1nc(-c2nnc(-c3c(OCc4ccccc4)c(C)nn3CC)n2Cc2ccc(OC)cc2)c2cnc(C)cn12. The van der Waals surface area contributed by atoms with Crippen LogP contribution in [0.4, 0.5) is 0 Å². The molecule has 0 unspecified atom stereocenters. The molecule has 0 atom stereocenters. The molecule has 12 heteroatoms. The Morgan fingerprint density at radius 2 is 1.69 bits per heavy atom. The van der Waals surface area contributed by atoms with Gasteiger partial charge in [0.15, 0.2) is 17.4 Å². The molecule has 0 saturated carbocycles. The van der Waals surface area contributed by atoms with E-state index in [1.165, 1.54) is 0 Å². The summed E-state index contributed by atoms with van der Waals surface area (Å²) in [6.07, 6.45) is 3.44. The number of methoxy groups -OCH3 is 1. The fraction of sp³-hybridized carbons (Fsp3) is 0.273. The van der Waals surface area contributed by atoms with Gasteiger partial charge in [-0.2, -0.15) is 5.10 Å². The van der Waals surface area contributed by atoms with Crippen molar-refractivity contribution in [2.24, 2.45) is 0 Å². The van der Waals surface area contributed by atoms with Crippen LogP contribution in [-0.4, -0.2) is 58.6 Å². The van der Waals surface area contributed by atoms with E-state index in [1.807, 2.05) is 84.6 Å². The molecule has 0 fully saturated rings. The van der Waals surface area contributed by atoms with Crippen LogP contribution in [0.1, 0.15) is 47.0 Å². The van der Waals surface area contributed by atoms with Gasteiger partial charge in [-0.1, -0.05) is 42.5 Å². The molecule has 0 N–H and O–H groups in total. The monoisotopic (exact) mass is 606 g/mol. The van der Waals surface area contributed by atoms with Crippen LogP contribution in [0.5, 0.6) is 11.5 Å². The van der Waals surface area contributed by atoms with Crippen LogP contribution in [0, 0.1) is 13.8 Å². The van der Waals surface area contributed by atoms with E-state index >= 15 is 0 Å². The van der Waals surface area contributed by atoms with Gasteiger partial charge in [0.2, 0.25) is 5.82 Å². The Morgan fingerprint density at radius 3 is 2.40 bits per heavy atom. The number of aryl methyl sites for hydroxylation is 3. The fourth-order valence-corrected chi connectivity index (χ4v) is 5.22. The van der Waals surface area contributed by atoms with Gasteiger partial charge in [0.25, 0.3) is 0 Å². The fourth-order valence-electron chi connectivity index (χ4n) is 5.22. The standard InChI is InChI=1S/C33H34N8O4/c1-6-41-28(29(22(4)38-41)45-20-24-11-9-8-10-12-24)31-37-36-30(40(31)19-23-13-15-25(43-5)16-14-23)27-26-17-34-21(3)18-39(26)32(35-27)33(42)44-7-2/h8-18H,6-7,19-20H2,1-5H3. The van der Waals surface area contributed by atoms with Crippen molar-refractivity contribution in [1.29, 1.82) is 0 Å². The lowest BCUT2D eigenvalue weighted by molar-refractivity contribution is 0.0511. The third kappa shape index (κ3) is 5.74. The maximum atomic E-state index is 13.0. The molecule has 0 aliphatic heterocycles. The second kappa shape index (κ2) is 12.6. The van der Waals surface area contributed by atoms with E-state index in [1.54, 1.807) is 30.8 Å². The molecule has 4 heterocycles. The van der Waals surface area contributed by atoms with E-state index in [2.05, 4.69) is 10.1 Å². The van der Waals surface area contributed by atoms with Gasteiger partial charge in [0.1, 0.15) is 29.4 Å². The van der Waals surface area contributed by atoms with Gasteiger partial charge in [-0.3, -0.25) is 18.6 Å². The quantitative estimate of drug-likeness (QED) is 0.181. The lowest BCUT2D eigenvalue weighted by Crippen LogP contribution is -2.10. The third-order valence-corrected chi connectivity index (χ3v) is 7.38. The minimum Gasteiger partial charge on any atom is -0.497 e. The molecule has 0 saturated heterocycles. The molecule has 0 radical (unpaired) electrons. The number of nitrogens with zero attached hydrogens (tertiary/aromatic N) is 8. The highest BCUT2D eigenvalue weighted by Gasteiger charge is 2.29. The molecule has 0 amide bonds. The van der Waals surface area contributed by atoms with Crippen LogP contribution in [0.3, 0.4) is 0 Å². The lowest BCUT2D eigenvalue weighted by atomic mass is 10.2. The van der Waals surface area contributed by atoms with Gasteiger partial charge < -0.3 is 14.2 Å². The van der Waals surface area contributed by atoms with E-state index < -0.39 is 5.97 Å². The van der Waals surface area contributed by atoms with Crippen molar-refractivity contribution in [3.8, 4) is 34.5 Å². The van der Waals surface area contributed by atoms with Crippen LogP contribution < -0.4 is 9.47 Å². The molecule has 6 aromatic rings. The van der Waals surface area contributed by atoms with Gasteiger partial charge in [0, 0.05) is 12.7 Å². The van der Waals surface area contributed by atoms with Crippen molar-refractivity contribution < 1.29 is 19.0 Å². The molecule has 0 aliphatic rings. The van der Waals surface area contributed by atoms with Gasteiger partial charge in [-0.25, -0.2) is 9.78 Å². The zero-order chi connectivity index (χ0) is 31.5. The molecule has 0 aliphatic carbocycles. The lowest BCUT2D eigenvalue weighted by Gasteiger charge is -2.13. The van der Waals surface area contributed by atoms with Crippen LogP contribution in [0.2, 0.25) is 0 Å². The maximum Gasteiger partial charge on any atom is 0.374 e. The number of esters is 1. The van der Waals surface area contributed by atoms with Gasteiger partial charge in [0.05, 0.1) is 37.7 Å². The summed E-state index contributed by atoms with van der Waals surface area (Å²) in [6.45, 7) is 9.10. The van der Waals surface area contributed by atoms with Crippen LogP contribution >= 0.6 is 0 Å². The first kappa shape index (κ1) is 29.5. The molecular formula is C33H34N8O4. The van der Waals surface area contributed by atoms with Crippen molar-refractivity contribution in [2.45, 2.75) is 47.4 Å². The number of hydrogen-bond acceptors (Lipinski definition) is 9. The number of hydrogen-bond donors (Lipinski definition) is 0. The van der Waals surface area contributed by atoms with Crippen LogP contribution in [-0.2, 0) is 24.4 Å². The highest BCUT2D eigenvalue weighted by Crippen LogP contribution is 2.36. The highest BCUT2D eigenvalue weighted by atomic mass is 16.5. The normalized spacial score (nSPS) is 11.2. The average molecular weight is 607 g/mol. The average Bonchev–Trinajstić information content (AvgIpc) is 3.73. The number of carbonyl (C=O) groups excluding carboxylic acids is 1. The Hall–Kier alpha value is -5.52. The maximum absolute atomic E-state index is 13.0. The summed E-state index contributed by atoms with van der Waals surface area (Å²) < 4.78 is 22.7. The summed E-state index contributed by atoms with van der Waals surface area (Å²) in [7, 11) is 1.64. The van der Waals surface area contributed by atoms with E-state index in [9.17, 15) is 4.79 Å². The minimum absolute atomic E-state index is 0.134. The number of imidazole rings is 1. The Morgan fingerprint density at radius 1 is 0.933 bits per heavy atom. The number of aromatic nitrogens is 8. The summed E-state index contributed by atoms with van der Waals surface area (Å²) in [5, 5.41) is 14.2. The summed E-state index contributed by atoms with van der Waals surface area (Å²) in [4.78, 5) is 22.2. The number of carbonyl (C=O) groups is 1. The summed E-state index contributed by atoms with van der Waals surface area (Å²) in [5.41, 5.74) is 5.21. The molecule has 45 heavy (non-hydrogen) atoms. The predicted molar refractivity (Wildman–Crippen MR) is 167 cm³/mol. The third-order valence-electron chi connectivity index (χ3n) is 7.38. The molecule has 4 aromatic heterocycles. The predicted octanol–water partition coefficient (Wildman–Crippen LogP) is 5.30. The van der Waals surface area contributed by atoms with Crippen LogP contribution in [0.15, 0.2) is 67.0 Å². The molecule has 230 valence electrons. The van der Waals surface area contributed by atoms with Crippen LogP contribution in [0.25, 0.3) is 28.6 Å². The van der Waals surface area contributed by atoms with E-state index in [4.69, 9.17) is 29.4 Å². The van der Waals surface area contributed by atoms with Crippen molar-refractivity contribution in [2.75, 3.05) is 13.7 Å². The first-order valence-electron chi connectivity index (χ1n) is 14.7. The largest absolute Gasteiger partial charge is 0.497 e. The summed E-state index contributed by atoms with van der Waals surface area (Å²) in [5.74, 6) is 1.96. The molecule has 2 aromatic carbocycles. The molecule has 0 bridgehead atoms. The first-order valence-corrected chi connectivity index (χ1v) is 14.7. The van der Waals surface area contributed by atoms with Gasteiger partial charge >= 0.3 is 5.97 Å². The number of ether oxygens (including phenoxy) is 3. The van der Waals surface area contributed by atoms with E-state index in [0.717, 1.165) is 28.3 Å². The van der Waals surface area contributed by atoms with Crippen molar-refractivity contribution in [3.63, 3.8) is 0 Å². The first-order chi connectivity index (χ1) is 21.9. The number of rotatable bonds is 11. The summed E-state index contributed by atoms with van der Waals surface area (Å²) >= 11 is 0. The smallest absolute Gasteiger partial charge is 0.374 e. The van der Waals surface area contributed by atoms with E-state index in [-0.39, 0.29) is 12.4 Å². The Bertz CT molecular complexity index is 1960. The van der Waals surface area contributed by atoms with Gasteiger partial charge in [-0.15, -0.1) is 10.2 Å². The summed E-state index contributed by atoms with van der Waals surface area (Å²) in [6, 6.07) is 17.8. The van der Waals surface area contributed by atoms with Crippen molar-refractivity contribution in [3.05, 3.63) is 95.3 Å². The topological polar surface area (TPSA) is 123 Å². The second-order valence-electron chi connectivity index (χ2n) is 10.4. The molecule has 6 rings (SSSR count). The van der Waals surface area contributed by atoms with Crippen molar-refractivity contribution >= 4 is 11.5 Å². The zero-order valence-electron chi connectivity index (χ0n) is 25.9. The molecule has 0 spiro atoms. The Labute approximate surface area is 260 Å². The Kier molecular flexibility index (Phi) is 8.28. The highest BCUT2D eigenvalue weighted by molar-refractivity contribution is 5.90.